The molecule has 3 nitrogen and oxygen atoms in total. The molecule has 1 N–H and O–H groups in total. The summed E-state index contributed by atoms with van der Waals surface area (Å²) < 4.78 is 16.6. The van der Waals surface area contributed by atoms with Crippen molar-refractivity contribution >= 4 is 10.8 Å². The van der Waals surface area contributed by atoms with E-state index in [4.69, 9.17) is 4.74 Å². The molecule has 19 heavy (non-hydrogen) atoms. The fraction of sp³-hybridized carbons (Fsp3) is 0.600. The van der Waals surface area contributed by atoms with Crippen molar-refractivity contribution in [1.82, 2.24) is 5.32 Å². The van der Waals surface area contributed by atoms with E-state index in [1.807, 2.05) is 13.0 Å². The molecule has 1 aliphatic carbocycles. The highest BCUT2D eigenvalue weighted by molar-refractivity contribution is 7.84. The highest BCUT2D eigenvalue weighted by Gasteiger charge is 2.19. The lowest BCUT2D eigenvalue weighted by Crippen LogP contribution is -2.39. The molecule has 1 aliphatic rings. The number of fused-ring (bicyclic) bond motifs is 1. The molecule has 2 rings (SSSR count). The topological polar surface area (TPSA) is 38.3 Å². The molecular weight excluding hydrogens is 258 g/mol. The Morgan fingerprint density at radius 3 is 2.95 bits per heavy atom. The van der Waals surface area contributed by atoms with Crippen molar-refractivity contribution in [1.29, 1.82) is 0 Å². The first-order chi connectivity index (χ1) is 9.10. The number of ether oxygens (including phenoxy) is 1. The van der Waals surface area contributed by atoms with Gasteiger partial charge in [-0.15, -0.1) is 0 Å². The number of methoxy groups -OCH3 is 1. The van der Waals surface area contributed by atoms with Crippen molar-refractivity contribution in [2.24, 2.45) is 0 Å². The Hall–Kier alpha value is -0.870. The molecule has 3 atom stereocenters. The van der Waals surface area contributed by atoms with Gasteiger partial charge in [0, 0.05) is 34.9 Å². The minimum absolute atomic E-state index is 0.215. The summed E-state index contributed by atoms with van der Waals surface area (Å²) in [6.07, 6.45) is 5.08. The van der Waals surface area contributed by atoms with Gasteiger partial charge in [-0.1, -0.05) is 6.07 Å². The van der Waals surface area contributed by atoms with Crippen molar-refractivity contribution in [3.63, 3.8) is 0 Å². The first-order valence-corrected chi connectivity index (χ1v) is 8.43. The third-order valence-electron chi connectivity index (χ3n) is 3.90. The van der Waals surface area contributed by atoms with Gasteiger partial charge in [0.1, 0.15) is 5.75 Å². The molecule has 0 saturated carbocycles. The minimum atomic E-state index is -0.747. The summed E-state index contributed by atoms with van der Waals surface area (Å²) in [4.78, 5) is 0. The number of aryl methyl sites for hydroxylation is 1. The van der Waals surface area contributed by atoms with E-state index in [1.54, 1.807) is 13.4 Å². The van der Waals surface area contributed by atoms with Crippen LogP contribution in [0.5, 0.6) is 5.75 Å². The maximum absolute atomic E-state index is 11.4. The van der Waals surface area contributed by atoms with Crippen LogP contribution in [-0.2, 0) is 23.6 Å². The highest BCUT2D eigenvalue weighted by Crippen LogP contribution is 2.25. The Morgan fingerprint density at radius 2 is 2.26 bits per heavy atom. The third kappa shape index (κ3) is 3.80. The number of hydrogen-bond donors (Lipinski definition) is 1. The van der Waals surface area contributed by atoms with Crippen LogP contribution < -0.4 is 10.1 Å². The zero-order valence-corrected chi connectivity index (χ0v) is 12.8. The standard InChI is InChI=1S/C15H23NO2S/c1-11(19(3)17)10-16-14-6-4-12-5-7-15(18-2)9-13(12)8-14/h5,7,9,11,14,16H,4,6,8,10H2,1-3H3/t11-,14+,19-/m0/s1. The number of rotatable bonds is 5. The minimum Gasteiger partial charge on any atom is -0.497 e. The first-order valence-electron chi connectivity index (χ1n) is 6.81. The van der Waals surface area contributed by atoms with E-state index in [-0.39, 0.29) is 5.25 Å². The zero-order chi connectivity index (χ0) is 13.8. The Labute approximate surface area is 118 Å². The average Bonchev–Trinajstić information content (AvgIpc) is 2.43. The van der Waals surface area contributed by atoms with Crippen LogP contribution in [0.25, 0.3) is 0 Å². The van der Waals surface area contributed by atoms with Crippen molar-refractivity contribution < 1.29 is 8.95 Å². The quantitative estimate of drug-likeness (QED) is 0.896. The molecule has 1 aromatic carbocycles. The molecule has 4 heteroatoms. The Balaban J connectivity index is 1.95. The van der Waals surface area contributed by atoms with Crippen LogP contribution in [0.3, 0.4) is 0 Å². The van der Waals surface area contributed by atoms with Crippen molar-refractivity contribution in [3.05, 3.63) is 29.3 Å². The molecule has 0 fully saturated rings. The van der Waals surface area contributed by atoms with Gasteiger partial charge in [0.2, 0.25) is 0 Å². The van der Waals surface area contributed by atoms with Crippen molar-refractivity contribution in [2.45, 2.75) is 37.5 Å². The Bertz CT molecular complexity index is 461. The summed E-state index contributed by atoms with van der Waals surface area (Å²) in [6, 6.07) is 6.85. The predicted octanol–water partition coefficient (Wildman–Crippen LogP) is 1.91. The molecule has 0 saturated heterocycles. The van der Waals surface area contributed by atoms with Gasteiger partial charge in [-0.25, -0.2) is 0 Å². The molecule has 0 heterocycles. The van der Waals surface area contributed by atoms with E-state index in [0.29, 0.717) is 6.04 Å². The molecule has 0 radical (unpaired) electrons. The van der Waals surface area contributed by atoms with Gasteiger partial charge in [-0.2, -0.15) is 0 Å². The van der Waals surface area contributed by atoms with E-state index in [1.165, 1.54) is 11.1 Å². The molecule has 0 bridgehead atoms. The first kappa shape index (κ1) is 14.5. The van der Waals surface area contributed by atoms with Gasteiger partial charge in [0.05, 0.1) is 7.11 Å². The van der Waals surface area contributed by atoms with Crippen LogP contribution in [-0.4, -0.2) is 35.4 Å². The summed E-state index contributed by atoms with van der Waals surface area (Å²) >= 11 is 0. The lowest BCUT2D eigenvalue weighted by atomic mass is 9.88. The SMILES string of the molecule is COc1ccc2c(c1)C[C@H](NC[C@H](C)[S@](C)=O)CC2. The number of nitrogens with one attached hydrogen (secondary N) is 1. The fourth-order valence-corrected chi connectivity index (χ4v) is 2.82. The van der Waals surface area contributed by atoms with E-state index in [0.717, 1.165) is 31.6 Å². The number of benzene rings is 1. The van der Waals surface area contributed by atoms with E-state index in [2.05, 4.69) is 17.4 Å². The van der Waals surface area contributed by atoms with Crippen LogP contribution in [0.1, 0.15) is 24.5 Å². The van der Waals surface area contributed by atoms with Crippen LogP contribution in [0, 0.1) is 0 Å². The summed E-state index contributed by atoms with van der Waals surface area (Å²) in [7, 11) is 0.959. The third-order valence-corrected chi connectivity index (χ3v) is 5.20. The van der Waals surface area contributed by atoms with Crippen LogP contribution in [0.4, 0.5) is 0 Å². The van der Waals surface area contributed by atoms with Crippen molar-refractivity contribution in [3.8, 4) is 5.75 Å². The summed E-state index contributed by atoms with van der Waals surface area (Å²) in [5.74, 6) is 0.933. The Morgan fingerprint density at radius 1 is 1.47 bits per heavy atom. The fourth-order valence-electron chi connectivity index (χ4n) is 2.48. The van der Waals surface area contributed by atoms with Gasteiger partial charge < -0.3 is 10.1 Å². The average molecular weight is 281 g/mol. The largest absolute Gasteiger partial charge is 0.497 e. The zero-order valence-electron chi connectivity index (χ0n) is 11.9. The van der Waals surface area contributed by atoms with Gasteiger partial charge in [-0.3, -0.25) is 4.21 Å². The van der Waals surface area contributed by atoms with E-state index < -0.39 is 10.8 Å². The molecule has 0 amide bonds. The lowest BCUT2D eigenvalue weighted by molar-refractivity contribution is 0.411. The molecular formula is C15H23NO2S. The smallest absolute Gasteiger partial charge is 0.119 e. The summed E-state index contributed by atoms with van der Waals surface area (Å²) in [5.41, 5.74) is 2.82. The van der Waals surface area contributed by atoms with Gasteiger partial charge in [-0.05, 0) is 49.4 Å². The molecule has 0 aliphatic heterocycles. The van der Waals surface area contributed by atoms with Gasteiger partial charge in [0.15, 0.2) is 0 Å². The van der Waals surface area contributed by atoms with Gasteiger partial charge in [0.25, 0.3) is 0 Å². The van der Waals surface area contributed by atoms with Crippen LogP contribution >= 0.6 is 0 Å². The monoisotopic (exact) mass is 281 g/mol. The molecule has 0 unspecified atom stereocenters. The molecule has 1 aromatic rings. The summed E-state index contributed by atoms with van der Waals surface area (Å²) in [6.45, 7) is 2.86. The molecule has 0 spiro atoms. The van der Waals surface area contributed by atoms with Gasteiger partial charge >= 0.3 is 0 Å². The second-order valence-electron chi connectivity index (χ2n) is 5.29. The maximum Gasteiger partial charge on any atom is 0.119 e. The highest BCUT2D eigenvalue weighted by atomic mass is 32.2. The van der Waals surface area contributed by atoms with Crippen LogP contribution in [0.15, 0.2) is 18.2 Å². The Kier molecular flexibility index (Phi) is 4.99. The number of hydrogen-bond acceptors (Lipinski definition) is 3. The second kappa shape index (κ2) is 6.53. The molecule has 106 valence electrons. The van der Waals surface area contributed by atoms with Crippen molar-refractivity contribution in [2.75, 3.05) is 19.9 Å². The lowest BCUT2D eigenvalue weighted by Gasteiger charge is -2.27. The molecule has 0 aromatic heterocycles. The van der Waals surface area contributed by atoms with E-state index >= 15 is 0 Å². The second-order valence-corrected chi connectivity index (χ2v) is 7.09. The maximum atomic E-state index is 11.4. The summed E-state index contributed by atoms with van der Waals surface area (Å²) in [5, 5.41) is 3.76. The normalized spacial score (nSPS) is 21.5. The predicted molar refractivity (Wildman–Crippen MR) is 80.3 cm³/mol. The van der Waals surface area contributed by atoms with E-state index in [9.17, 15) is 4.21 Å². The van der Waals surface area contributed by atoms with Crippen LogP contribution in [0.2, 0.25) is 0 Å².